The van der Waals surface area contributed by atoms with Crippen molar-refractivity contribution in [2.24, 2.45) is 0 Å². The van der Waals surface area contributed by atoms with E-state index in [-0.39, 0.29) is 0 Å². The highest BCUT2D eigenvalue weighted by molar-refractivity contribution is 7.86. The maximum Gasteiger partial charge on any atom is 0.281 e. The lowest BCUT2D eigenvalue weighted by Gasteiger charge is -2.23. The Balaban J connectivity index is 0.000000673. The predicted molar refractivity (Wildman–Crippen MR) is 68.6 cm³/mol. The third-order valence-corrected chi connectivity index (χ3v) is 4.31. The highest BCUT2D eigenvalue weighted by Gasteiger charge is 2.28. The molecule has 1 fully saturated rings. The van der Waals surface area contributed by atoms with Crippen molar-refractivity contribution >= 4 is 10.2 Å². The average Bonchev–Trinajstić information content (AvgIpc) is 2.72. The molecule has 16 heavy (non-hydrogen) atoms. The molecular weight excluding hydrogens is 224 g/mol. The van der Waals surface area contributed by atoms with Gasteiger partial charge in [-0.2, -0.15) is 17.0 Å². The molecule has 0 aliphatic carbocycles. The van der Waals surface area contributed by atoms with Crippen molar-refractivity contribution in [2.45, 2.75) is 46.5 Å². The molecule has 0 spiro atoms. The summed E-state index contributed by atoms with van der Waals surface area (Å²) in [4.78, 5) is 0. The largest absolute Gasteiger partial charge is 0.281 e. The molecule has 98 valence electrons. The zero-order chi connectivity index (χ0) is 12.6. The molecule has 1 heterocycles. The molecular formula is C11H26N2O2S. The van der Waals surface area contributed by atoms with Crippen molar-refractivity contribution in [1.29, 1.82) is 0 Å². The van der Waals surface area contributed by atoms with Crippen molar-refractivity contribution in [3.63, 3.8) is 0 Å². The average molecular weight is 250 g/mol. The molecule has 0 radical (unpaired) electrons. The minimum Gasteiger partial charge on any atom is -0.195 e. The molecule has 1 aliphatic rings. The second-order valence-electron chi connectivity index (χ2n) is 4.14. The molecule has 0 aromatic rings. The van der Waals surface area contributed by atoms with Crippen LogP contribution in [0, 0.1) is 0 Å². The van der Waals surface area contributed by atoms with Crippen molar-refractivity contribution in [2.75, 3.05) is 26.7 Å². The predicted octanol–water partition coefficient (Wildman–Crippen LogP) is 2.09. The lowest BCUT2D eigenvalue weighted by Crippen LogP contribution is -2.40. The molecule has 4 nitrogen and oxygen atoms in total. The maximum atomic E-state index is 11.8. The van der Waals surface area contributed by atoms with Crippen molar-refractivity contribution in [3.05, 3.63) is 0 Å². The summed E-state index contributed by atoms with van der Waals surface area (Å²) in [6.45, 7) is 8.22. The molecule has 0 bridgehead atoms. The lowest BCUT2D eigenvalue weighted by atomic mass is 10.4. The lowest BCUT2D eigenvalue weighted by molar-refractivity contribution is 0.394. The van der Waals surface area contributed by atoms with Crippen LogP contribution in [-0.2, 0) is 10.2 Å². The molecule has 0 amide bonds. The van der Waals surface area contributed by atoms with Gasteiger partial charge in [0.25, 0.3) is 10.2 Å². The highest BCUT2D eigenvalue weighted by Crippen LogP contribution is 2.15. The number of nitrogens with zero attached hydrogens (tertiary/aromatic N) is 2. The Morgan fingerprint density at radius 3 is 1.94 bits per heavy atom. The van der Waals surface area contributed by atoms with Crippen LogP contribution in [0.5, 0.6) is 0 Å². The third kappa shape index (κ3) is 4.80. The minimum atomic E-state index is -3.13. The Hall–Kier alpha value is -0.130. The Labute approximate surface area is 101 Å². The quantitative estimate of drug-likeness (QED) is 0.766. The standard InChI is InChI=1S/C8H18N2O2S.C3H8/c1-3-6-9(2)13(11,12)10-7-4-5-8-10;1-3-2/h3-8H2,1-2H3;3H2,1-2H3. The molecule has 0 aromatic heterocycles. The molecule has 0 atom stereocenters. The van der Waals surface area contributed by atoms with Gasteiger partial charge in [0.1, 0.15) is 0 Å². The molecule has 1 saturated heterocycles. The number of hydrogen-bond acceptors (Lipinski definition) is 2. The summed E-state index contributed by atoms with van der Waals surface area (Å²) < 4.78 is 26.6. The summed E-state index contributed by atoms with van der Waals surface area (Å²) in [6, 6.07) is 0. The van der Waals surface area contributed by atoms with E-state index in [1.54, 1.807) is 11.4 Å². The van der Waals surface area contributed by atoms with Gasteiger partial charge in [-0.1, -0.05) is 27.2 Å². The van der Waals surface area contributed by atoms with Gasteiger partial charge in [0.05, 0.1) is 0 Å². The molecule has 0 aromatic carbocycles. The van der Waals surface area contributed by atoms with Gasteiger partial charge in [0.2, 0.25) is 0 Å². The first-order valence-electron chi connectivity index (χ1n) is 6.22. The van der Waals surface area contributed by atoms with Gasteiger partial charge < -0.3 is 0 Å². The Morgan fingerprint density at radius 1 is 1.12 bits per heavy atom. The van der Waals surface area contributed by atoms with Gasteiger partial charge >= 0.3 is 0 Å². The van der Waals surface area contributed by atoms with Gasteiger partial charge in [-0.3, -0.25) is 0 Å². The van der Waals surface area contributed by atoms with E-state index in [9.17, 15) is 8.42 Å². The van der Waals surface area contributed by atoms with Crippen LogP contribution in [0.15, 0.2) is 0 Å². The Bertz CT molecular complexity index is 259. The fourth-order valence-corrected chi connectivity index (χ4v) is 3.07. The topological polar surface area (TPSA) is 40.6 Å². The van der Waals surface area contributed by atoms with Crippen molar-refractivity contribution < 1.29 is 8.42 Å². The van der Waals surface area contributed by atoms with E-state index < -0.39 is 10.2 Å². The van der Waals surface area contributed by atoms with Crippen LogP contribution in [0.4, 0.5) is 0 Å². The smallest absolute Gasteiger partial charge is 0.195 e. The summed E-state index contributed by atoms with van der Waals surface area (Å²) >= 11 is 0. The molecule has 0 N–H and O–H groups in total. The van der Waals surface area contributed by atoms with Gasteiger partial charge in [-0.25, -0.2) is 0 Å². The van der Waals surface area contributed by atoms with Gasteiger partial charge in [0.15, 0.2) is 0 Å². The summed E-state index contributed by atoms with van der Waals surface area (Å²) in [5.74, 6) is 0. The van der Waals surface area contributed by atoms with Crippen LogP contribution >= 0.6 is 0 Å². The highest BCUT2D eigenvalue weighted by atomic mass is 32.2. The van der Waals surface area contributed by atoms with Crippen molar-refractivity contribution in [1.82, 2.24) is 8.61 Å². The Kier molecular flexibility index (Phi) is 7.97. The van der Waals surface area contributed by atoms with Crippen LogP contribution in [-0.4, -0.2) is 43.7 Å². The van der Waals surface area contributed by atoms with E-state index in [1.807, 2.05) is 6.92 Å². The van der Waals surface area contributed by atoms with E-state index >= 15 is 0 Å². The zero-order valence-corrected chi connectivity index (χ0v) is 11.9. The minimum absolute atomic E-state index is 0.610. The van der Waals surface area contributed by atoms with Crippen LogP contribution in [0.25, 0.3) is 0 Å². The number of rotatable bonds is 4. The van der Waals surface area contributed by atoms with E-state index in [1.165, 1.54) is 10.7 Å². The molecule has 1 aliphatic heterocycles. The van der Waals surface area contributed by atoms with Gasteiger partial charge in [-0.05, 0) is 19.3 Å². The summed E-state index contributed by atoms with van der Waals surface area (Å²) in [5, 5.41) is 0. The normalized spacial score (nSPS) is 17.3. The second kappa shape index (κ2) is 8.03. The Morgan fingerprint density at radius 2 is 1.56 bits per heavy atom. The first kappa shape index (κ1) is 15.9. The fourth-order valence-electron chi connectivity index (χ4n) is 1.55. The zero-order valence-electron chi connectivity index (χ0n) is 11.1. The first-order chi connectivity index (χ1) is 7.50. The van der Waals surface area contributed by atoms with Crippen LogP contribution in [0.2, 0.25) is 0 Å². The van der Waals surface area contributed by atoms with E-state index in [4.69, 9.17) is 0 Å². The first-order valence-corrected chi connectivity index (χ1v) is 7.61. The summed E-state index contributed by atoms with van der Waals surface area (Å²) in [6.07, 6.45) is 4.11. The molecule has 0 unspecified atom stereocenters. The maximum absolute atomic E-state index is 11.8. The van der Waals surface area contributed by atoms with E-state index in [0.717, 1.165) is 19.3 Å². The van der Waals surface area contributed by atoms with E-state index in [2.05, 4.69) is 13.8 Å². The van der Waals surface area contributed by atoms with Crippen LogP contribution in [0.1, 0.15) is 46.5 Å². The molecule has 0 saturated carbocycles. The van der Waals surface area contributed by atoms with Gasteiger partial charge in [0, 0.05) is 26.7 Å². The van der Waals surface area contributed by atoms with Crippen LogP contribution < -0.4 is 0 Å². The number of hydrogen-bond donors (Lipinski definition) is 0. The third-order valence-electron chi connectivity index (χ3n) is 2.32. The van der Waals surface area contributed by atoms with E-state index in [0.29, 0.717) is 19.6 Å². The fraction of sp³-hybridized carbons (Fsp3) is 1.00. The van der Waals surface area contributed by atoms with Gasteiger partial charge in [-0.15, -0.1) is 0 Å². The molecule has 1 rings (SSSR count). The summed E-state index contributed by atoms with van der Waals surface area (Å²) in [5.41, 5.74) is 0. The molecule has 5 heteroatoms. The summed E-state index contributed by atoms with van der Waals surface area (Å²) in [7, 11) is -1.48. The van der Waals surface area contributed by atoms with Crippen LogP contribution in [0.3, 0.4) is 0 Å². The van der Waals surface area contributed by atoms with Crippen molar-refractivity contribution in [3.8, 4) is 0 Å². The SMILES string of the molecule is CCC.CCCN(C)S(=O)(=O)N1CCCC1. The monoisotopic (exact) mass is 250 g/mol. The second-order valence-corrected chi connectivity index (χ2v) is 6.18.